The Bertz CT molecular complexity index is 1910. The number of thioether (sulfide) groups is 1. The van der Waals surface area contributed by atoms with Crippen LogP contribution in [0.4, 0.5) is 15.8 Å². The highest BCUT2D eigenvalue weighted by molar-refractivity contribution is 8.00. The van der Waals surface area contributed by atoms with Crippen LogP contribution < -0.4 is 15.1 Å². The Kier molecular flexibility index (Phi) is 8.57. The summed E-state index contributed by atoms with van der Waals surface area (Å²) >= 11 is 14.9. The van der Waals surface area contributed by atoms with E-state index in [2.05, 4.69) is 5.32 Å². The quantitative estimate of drug-likeness (QED) is 0.188. The molecule has 3 atom stereocenters. The number of carbonyl (C=O) groups is 4. The van der Waals surface area contributed by atoms with Gasteiger partial charge in [0.1, 0.15) is 17.6 Å². The van der Waals surface area contributed by atoms with E-state index in [-0.39, 0.29) is 28.9 Å². The molecule has 230 valence electrons. The van der Waals surface area contributed by atoms with Crippen molar-refractivity contribution in [3.63, 3.8) is 0 Å². The molecule has 3 heterocycles. The number of anilines is 2. The van der Waals surface area contributed by atoms with Crippen molar-refractivity contribution in [2.24, 2.45) is 5.92 Å². The van der Waals surface area contributed by atoms with Crippen LogP contribution in [-0.4, -0.2) is 40.1 Å². The van der Waals surface area contributed by atoms with Gasteiger partial charge in [-0.25, -0.2) is 14.1 Å². The van der Waals surface area contributed by atoms with Crippen LogP contribution in [0.25, 0.3) is 0 Å². The summed E-state index contributed by atoms with van der Waals surface area (Å²) in [5.74, 6) is -4.37. The zero-order chi connectivity index (χ0) is 32.0. The highest BCUT2D eigenvalue weighted by Crippen LogP contribution is 2.55. The van der Waals surface area contributed by atoms with Crippen molar-refractivity contribution >= 4 is 81.4 Å². The first kappa shape index (κ1) is 31.0. The first-order chi connectivity index (χ1) is 21.6. The first-order valence-electron chi connectivity index (χ1n) is 13.6. The molecule has 45 heavy (non-hydrogen) atoms. The lowest BCUT2D eigenvalue weighted by Gasteiger charge is -2.31. The molecule has 6 rings (SSSR count). The number of halogens is 3. The number of nitrogens with zero attached hydrogens (tertiary/aromatic N) is 2. The van der Waals surface area contributed by atoms with Crippen molar-refractivity contribution in [2.45, 2.75) is 29.7 Å². The Hall–Kier alpha value is -3.97. The number of ether oxygens (including phenoxy) is 1. The number of aromatic nitrogens is 1. The van der Waals surface area contributed by atoms with Gasteiger partial charge in [0, 0.05) is 16.5 Å². The summed E-state index contributed by atoms with van der Waals surface area (Å²) in [6.45, 7) is 1.55. The van der Waals surface area contributed by atoms with Gasteiger partial charge in [0.25, 0.3) is 0 Å². The van der Waals surface area contributed by atoms with Gasteiger partial charge >= 0.3 is 10.8 Å². The maximum absolute atomic E-state index is 13.9. The molecule has 1 fully saturated rings. The van der Waals surface area contributed by atoms with E-state index in [4.69, 9.17) is 27.9 Å². The molecule has 2 aliphatic heterocycles. The average molecular weight is 687 g/mol. The van der Waals surface area contributed by atoms with E-state index < -0.39 is 51.5 Å². The maximum atomic E-state index is 13.9. The molecule has 0 spiro atoms. The summed E-state index contributed by atoms with van der Waals surface area (Å²) < 4.78 is 19.9. The Morgan fingerprint density at radius 1 is 0.978 bits per heavy atom. The molecule has 14 heteroatoms. The lowest BCUT2D eigenvalue weighted by molar-refractivity contribution is -0.122. The third-order valence-corrected chi connectivity index (χ3v) is 10.9. The first-order valence-corrected chi connectivity index (χ1v) is 16.1. The summed E-state index contributed by atoms with van der Waals surface area (Å²) in [4.78, 5) is 67.2. The summed E-state index contributed by atoms with van der Waals surface area (Å²) in [5, 5.41) is 2.52. The summed E-state index contributed by atoms with van der Waals surface area (Å²) in [6, 6.07) is 16.1. The zero-order valence-electron chi connectivity index (χ0n) is 23.3. The van der Waals surface area contributed by atoms with Gasteiger partial charge < -0.3 is 10.1 Å². The van der Waals surface area contributed by atoms with Gasteiger partial charge in [-0.3, -0.25) is 23.7 Å². The number of thiazole rings is 1. The van der Waals surface area contributed by atoms with Crippen molar-refractivity contribution < 1.29 is 28.3 Å². The Balaban J connectivity index is 1.36. The molecular formula is C31H22Cl2FN3O6S2. The number of nitrogens with one attached hydrogen (secondary N) is 1. The molecule has 1 saturated heterocycles. The SMILES string of the molecule is CCOC(=O)c1ccc(NC(=O)Cn2c3c(sc2=O)[C@H](c2cccc(Cl)c2Cl)C2C(=O)N(c4ccc(F)cc4)C(=O)C2S3)cc1. The minimum absolute atomic E-state index is 0.178. The van der Waals surface area contributed by atoms with E-state index in [9.17, 15) is 28.4 Å². The number of imide groups is 1. The number of carbonyl (C=O) groups excluding carboxylic acids is 4. The number of amides is 3. The predicted octanol–water partition coefficient (Wildman–Crippen LogP) is 5.97. The van der Waals surface area contributed by atoms with Crippen molar-refractivity contribution in [2.75, 3.05) is 16.8 Å². The van der Waals surface area contributed by atoms with Gasteiger partial charge in [-0.15, -0.1) is 0 Å². The standard InChI is InChI=1S/C31H22Cl2FN3O6S2/c1-2-43-30(41)15-6-10-17(11-7-15)35-21(38)14-36-29-26(45-31(36)42)22(19-4-3-5-20(32)24(19)33)23-25(44-29)28(40)37(27(23)39)18-12-8-16(34)9-13-18/h3-13,22-23,25H,2,14H2,1H3,(H,35,38)/t22-,23?,25?/m1/s1. The third kappa shape index (κ3) is 5.67. The highest BCUT2D eigenvalue weighted by Gasteiger charge is 2.57. The normalized spacial score (nSPS) is 18.8. The lowest BCUT2D eigenvalue weighted by atomic mass is 9.83. The molecule has 0 aliphatic carbocycles. The second-order valence-corrected chi connectivity index (χ2v) is 13.1. The summed E-state index contributed by atoms with van der Waals surface area (Å²) in [5.41, 5.74) is 1.39. The molecule has 0 bridgehead atoms. The third-order valence-electron chi connectivity index (χ3n) is 7.43. The monoisotopic (exact) mass is 685 g/mol. The minimum atomic E-state index is -0.964. The fourth-order valence-corrected chi connectivity index (χ4v) is 8.63. The fourth-order valence-electron chi connectivity index (χ4n) is 5.44. The van der Waals surface area contributed by atoms with E-state index in [1.54, 1.807) is 37.3 Å². The predicted molar refractivity (Wildman–Crippen MR) is 170 cm³/mol. The molecule has 2 aliphatic rings. The Labute approximate surface area is 273 Å². The maximum Gasteiger partial charge on any atom is 0.338 e. The van der Waals surface area contributed by atoms with Crippen molar-refractivity contribution in [3.05, 3.63) is 108 Å². The van der Waals surface area contributed by atoms with Gasteiger partial charge in [0.05, 0.1) is 38.8 Å². The minimum Gasteiger partial charge on any atom is -0.462 e. The Morgan fingerprint density at radius 3 is 2.38 bits per heavy atom. The van der Waals surface area contributed by atoms with Crippen LogP contribution in [0.15, 0.2) is 76.6 Å². The second-order valence-electron chi connectivity index (χ2n) is 10.1. The van der Waals surface area contributed by atoms with Gasteiger partial charge in [0.15, 0.2) is 0 Å². The van der Waals surface area contributed by atoms with Crippen LogP contribution in [0, 0.1) is 11.7 Å². The van der Waals surface area contributed by atoms with Crippen molar-refractivity contribution in [3.8, 4) is 0 Å². The molecule has 4 aromatic rings. The van der Waals surface area contributed by atoms with Gasteiger partial charge in [-0.2, -0.15) is 0 Å². The number of fused-ring (bicyclic) bond motifs is 2. The number of rotatable bonds is 7. The lowest BCUT2D eigenvalue weighted by Crippen LogP contribution is -2.33. The van der Waals surface area contributed by atoms with Crippen LogP contribution >= 0.6 is 46.3 Å². The van der Waals surface area contributed by atoms with E-state index >= 15 is 0 Å². The van der Waals surface area contributed by atoms with E-state index in [1.165, 1.54) is 28.8 Å². The summed E-state index contributed by atoms with van der Waals surface area (Å²) in [7, 11) is 0. The molecule has 0 saturated carbocycles. The van der Waals surface area contributed by atoms with Crippen LogP contribution in [0.1, 0.15) is 33.6 Å². The number of benzene rings is 3. The molecule has 9 nitrogen and oxygen atoms in total. The van der Waals surface area contributed by atoms with Gasteiger partial charge in [-0.05, 0) is 67.1 Å². The van der Waals surface area contributed by atoms with Crippen molar-refractivity contribution in [1.29, 1.82) is 0 Å². The summed E-state index contributed by atoms with van der Waals surface area (Å²) in [6.07, 6.45) is 0. The van der Waals surface area contributed by atoms with Crippen LogP contribution in [0.2, 0.25) is 10.0 Å². The topological polar surface area (TPSA) is 115 Å². The van der Waals surface area contributed by atoms with E-state index in [0.29, 0.717) is 26.7 Å². The molecule has 2 unspecified atom stereocenters. The molecule has 0 radical (unpaired) electrons. The smallest absolute Gasteiger partial charge is 0.338 e. The van der Waals surface area contributed by atoms with Crippen LogP contribution in [0.3, 0.4) is 0 Å². The number of esters is 1. The zero-order valence-corrected chi connectivity index (χ0v) is 26.4. The highest BCUT2D eigenvalue weighted by atomic mass is 35.5. The van der Waals surface area contributed by atoms with E-state index in [1.807, 2.05) is 0 Å². The molecule has 3 aromatic carbocycles. The number of hydrogen-bond acceptors (Lipinski definition) is 8. The van der Waals surface area contributed by atoms with Crippen LogP contribution in [0.5, 0.6) is 0 Å². The average Bonchev–Trinajstić information content (AvgIpc) is 3.46. The molecule has 3 amide bonds. The van der Waals surface area contributed by atoms with E-state index in [0.717, 1.165) is 40.1 Å². The fraction of sp³-hybridized carbons (Fsp3) is 0.194. The molecular weight excluding hydrogens is 664 g/mol. The number of hydrogen-bond donors (Lipinski definition) is 1. The van der Waals surface area contributed by atoms with Crippen molar-refractivity contribution in [1.82, 2.24) is 4.57 Å². The second kappa shape index (κ2) is 12.4. The molecule has 1 aromatic heterocycles. The largest absolute Gasteiger partial charge is 0.462 e. The Morgan fingerprint density at radius 2 is 1.69 bits per heavy atom. The molecule has 1 N–H and O–H groups in total. The van der Waals surface area contributed by atoms with Gasteiger partial charge in [-0.1, -0.05) is 58.4 Å². The van der Waals surface area contributed by atoms with Crippen LogP contribution in [-0.2, 0) is 25.7 Å². The van der Waals surface area contributed by atoms with Gasteiger partial charge in [0.2, 0.25) is 17.7 Å².